The van der Waals surface area contributed by atoms with Crippen molar-refractivity contribution >= 4 is 10.0 Å². The topological polar surface area (TPSA) is 58.2 Å². The molecule has 0 heterocycles. The van der Waals surface area contributed by atoms with E-state index in [1.807, 2.05) is 12.1 Å². The van der Waals surface area contributed by atoms with Crippen LogP contribution >= 0.6 is 0 Å². The summed E-state index contributed by atoms with van der Waals surface area (Å²) < 4.78 is 27.0. The lowest BCUT2D eigenvalue weighted by Gasteiger charge is -2.23. The second-order valence-corrected chi connectivity index (χ2v) is 6.96. The lowest BCUT2D eigenvalue weighted by atomic mass is 9.96. The van der Waals surface area contributed by atoms with E-state index >= 15 is 0 Å². The summed E-state index contributed by atoms with van der Waals surface area (Å²) in [7, 11) is -3.41. The van der Waals surface area contributed by atoms with Crippen LogP contribution in [0.25, 0.3) is 0 Å². The van der Waals surface area contributed by atoms with Gasteiger partial charge in [-0.15, -0.1) is 0 Å². The Morgan fingerprint density at radius 1 is 1.10 bits per heavy atom. The normalized spacial score (nSPS) is 13.7. The van der Waals surface area contributed by atoms with Crippen molar-refractivity contribution in [1.29, 1.82) is 0 Å². The first-order valence-electron chi connectivity index (χ1n) is 7.23. The highest BCUT2D eigenvalue weighted by Crippen LogP contribution is 2.19. The third-order valence-corrected chi connectivity index (χ3v) is 4.95. The van der Waals surface area contributed by atoms with Gasteiger partial charge in [0.25, 0.3) is 0 Å². The molecule has 114 valence electrons. The standard InChI is InChI=1S/C15H26N2O2S/c1-5-16-14(12(3)4)11-13-9-7-8-10-15(13)20(18,19)17-6-2/h7-10,12,14,16-17H,5-6,11H2,1-4H3. The van der Waals surface area contributed by atoms with Gasteiger partial charge in [0.2, 0.25) is 10.0 Å². The second-order valence-electron chi connectivity index (χ2n) is 5.22. The molecule has 0 aliphatic rings. The number of nitrogens with one attached hydrogen (secondary N) is 2. The fourth-order valence-corrected chi connectivity index (χ4v) is 3.53. The molecule has 0 bridgehead atoms. The molecular weight excluding hydrogens is 272 g/mol. The van der Waals surface area contributed by atoms with Crippen molar-refractivity contribution in [2.75, 3.05) is 13.1 Å². The van der Waals surface area contributed by atoms with Gasteiger partial charge in [0.05, 0.1) is 4.90 Å². The van der Waals surface area contributed by atoms with Crippen molar-refractivity contribution in [3.05, 3.63) is 29.8 Å². The van der Waals surface area contributed by atoms with Gasteiger partial charge in [0.15, 0.2) is 0 Å². The molecule has 0 aromatic heterocycles. The molecule has 1 aromatic carbocycles. The van der Waals surface area contributed by atoms with Crippen molar-refractivity contribution in [3.63, 3.8) is 0 Å². The molecule has 0 aliphatic carbocycles. The van der Waals surface area contributed by atoms with E-state index in [9.17, 15) is 8.42 Å². The van der Waals surface area contributed by atoms with Crippen molar-refractivity contribution < 1.29 is 8.42 Å². The monoisotopic (exact) mass is 298 g/mol. The second kappa shape index (κ2) is 7.76. The van der Waals surface area contributed by atoms with Gasteiger partial charge in [-0.3, -0.25) is 0 Å². The Labute approximate surface area is 123 Å². The summed E-state index contributed by atoms with van der Waals surface area (Å²) in [6.07, 6.45) is 0.715. The molecule has 0 radical (unpaired) electrons. The largest absolute Gasteiger partial charge is 0.314 e. The first-order valence-corrected chi connectivity index (χ1v) is 8.71. The Kier molecular flexibility index (Phi) is 6.65. The average molecular weight is 298 g/mol. The molecule has 0 aliphatic heterocycles. The molecule has 5 heteroatoms. The molecule has 0 saturated heterocycles. The molecule has 1 unspecified atom stereocenters. The van der Waals surface area contributed by atoms with Gasteiger partial charge in [-0.05, 0) is 30.5 Å². The predicted octanol–water partition coefficient (Wildman–Crippen LogP) is 2.16. The molecule has 0 spiro atoms. The van der Waals surface area contributed by atoms with Crippen LogP contribution in [0.2, 0.25) is 0 Å². The summed E-state index contributed by atoms with van der Waals surface area (Å²) in [5.74, 6) is 0.449. The lowest BCUT2D eigenvalue weighted by Crippen LogP contribution is -2.36. The van der Waals surface area contributed by atoms with E-state index in [0.717, 1.165) is 12.1 Å². The van der Waals surface area contributed by atoms with Crippen LogP contribution in [0, 0.1) is 5.92 Å². The van der Waals surface area contributed by atoms with Crippen molar-refractivity contribution in [3.8, 4) is 0 Å². The predicted molar refractivity (Wildman–Crippen MR) is 83.3 cm³/mol. The maximum absolute atomic E-state index is 12.2. The van der Waals surface area contributed by atoms with Gasteiger partial charge in [-0.1, -0.05) is 45.9 Å². The SMILES string of the molecule is CCNC(Cc1ccccc1S(=O)(=O)NCC)C(C)C. The number of benzene rings is 1. The van der Waals surface area contributed by atoms with Crippen LogP contribution in [-0.2, 0) is 16.4 Å². The van der Waals surface area contributed by atoms with E-state index in [1.54, 1.807) is 19.1 Å². The Morgan fingerprint density at radius 3 is 2.30 bits per heavy atom. The van der Waals surface area contributed by atoms with Crippen molar-refractivity contribution in [1.82, 2.24) is 10.0 Å². The van der Waals surface area contributed by atoms with Crippen molar-refractivity contribution in [2.45, 2.75) is 45.1 Å². The molecule has 0 saturated carbocycles. The Hall–Kier alpha value is -0.910. The molecule has 0 fully saturated rings. The summed E-state index contributed by atoms with van der Waals surface area (Å²) in [5, 5.41) is 3.43. The van der Waals surface area contributed by atoms with Crippen LogP contribution < -0.4 is 10.0 Å². The molecule has 0 amide bonds. The van der Waals surface area contributed by atoms with Crippen LogP contribution in [0.5, 0.6) is 0 Å². The minimum atomic E-state index is -3.41. The van der Waals surface area contributed by atoms with E-state index in [1.165, 1.54) is 0 Å². The summed E-state index contributed by atoms with van der Waals surface area (Å²) in [6, 6.07) is 7.51. The highest BCUT2D eigenvalue weighted by molar-refractivity contribution is 7.89. The minimum Gasteiger partial charge on any atom is -0.314 e. The average Bonchev–Trinajstić information content (AvgIpc) is 2.38. The number of likely N-dealkylation sites (N-methyl/N-ethyl adjacent to an activating group) is 1. The van der Waals surface area contributed by atoms with E-state index in [2.05, 4.69) is 30.8 Å². The lowest BCUT2D eigenvalue weighted by molar-refractivity contribution is 0.403. The maximum atomic E-state index is 12.2. The van der Waals surface area contributed by atoms with Gasteiger partial charge >= 0.3 is 0 Å². The van der Waals surface area contributed by atoms with Crippen LogP contribution in [0.15, 0.2) is 29.2 Å². The van der Waals surface area contributed by atoms with Gasteiger partial charge in [-0.25, -0.2) is 13.1 Å². The third-order valence-electron chi connectivity index (χ3n) is 3.31. The Bertz CT molecular complexity index is 512. The van der Waals surface area contributed by atoms with Gasteiger partial charge < -0.3 is 5.32 Å². The first kappa shape index (κ1) is 17.1. The molecular formula is C15H26N2O2S. The summed E-state index contributed by atoms with van der Waals surface area (Å²) in [6.45, 7) is 9.43. The summed E-state index contributed by atoms with van der Waals surface area (Å²) >= 11 is 0. The molecule has 20 heavy (non-hydrogen) atoms. The molecule has 2 N–H and O–H groups in total. The van der Waals surface area contributed by atoms with Gasteiger partial charge in [-0.2, -0.15) is 0 Å². The summed E-state index contributed by atoms with van der Waals surface area (Å²) in [5.41, 5.74) is 0.869. The van der Waals surface area contributed by atoms with E-state index in [4.69, 9.17) is 0 Å². The fourth-order valence-electron chi connectivity index (χ4n) is 2.25. The third kappa shape index (κ3) is 4.58. The van der Waals surface area contributed by atoms with E-state index < -0.39 is 10.0 Å². The molecule has 1 atom stereocenters. The van der Waals surface area contributed by atoms with E-state index in [0.29, 0.717) is 23.8 Å². The number of rotatable bonds is 8. The zero-order valence-electron chi connectivity index (χ0n) is 12.8. The number of hydrogen-bond acceptors (Lipinski definition) is 3. The Balaban J connectivity index is 3.07. The number of hydrogen-bond donors (Lipinski definition) is 2. The van der Waals surface area contributed by atoms with Gasteiger partial charge in [0.1, 0.15) is 0 Å². The molecule has 1 aromatic rings. The smallest absolute Gasteiger partial charge is 0.240 e. The Morgan fingerprint density at radius 2 is 1.75 bits per heavy atom. The molecule has 4 nitrogen and oxygen atoms in total. The zero-order chi connectivity index (χ0) is 15.2. The molecule has 1 rings (SSSR count). The zero-order valence-corrected chi connectivity index (χ0v) is 13.6. The fraction of sp³-hybridized carbons (Fsp3) is 0.600. The maximum Gasteiger partial charge on any atom is 0.240 e. The minimum absolute atomic E-state index is 0.276. The highest BCUT2D eigenvalue weighted by atomic mass is 32.2. The van der Waals surface area contributed by atoms with Crippen LogP contribution in [0.1, 0.15) is 33.3 Å². The summed E-state index contributed by atoms with van der Waals surface area (Å²) in [4.78, 5) is 0.394. The van der Waals surface area contributed by atoms with Gasteiger partial charge in [0, 0.05) is 12.6 Å². The highest BCUT2D eigenvalue weighted by Gasteiger charge is 2.20. The number of sulfonamides is 1. The van der Waals surface area contributed by atoms with Crippen LogP contribution in [0.4, 0.5) is 0 Å². The van der Waals surface area contributed by atoms with Crippen LogP contribution in [-0.4, -0.2) is 27.5 Å². The van der Waals surface area contributed by atoms with Crippen molar-refractivity contribution in [2.24, 2.45) is 5.92 Å². The van der Waals surface area contributed by atoms with Crippen LogP contribution in [0.3, 0.4) is 0 Å². The first-order chi connectivity index (χ1) is 9.42. The van der Waals surface area contributed by atoms with E-state index in [-0.39, 0.29) is 6.04 Å². The quantitative estimate of drug-likeness (QED) is 0.773.